The molecule has 17 rings (SSSR count). The van der Waals surface area contributed by atoms with Crippen molar-refractivity contribution in [2.45, 2.75) is 44.9 Å². The Kier molecular flexibility index (Phi) is 10.3. The highest BCUT2D eigenvalue weighted by Gasteiger charge is 2.54. The van der Waals surface area contributed by atoms with E-state index in [1.54, 1.807) is 0 Å². The zero-order valence-corrected chi connectivity index (χ0v) is 46.6. The Bertz CT molecular complexity index is 5130. The Morgan fingerprint density at radius 1 is 0.301 bits per heavy atom. The van der Waals surface area contributed by atoms with E-state index in [9.17, 15) is 0 Å². The van der Waals surface area contributed by atoms with Crippen LogP contribution in [-0.4, -0.2) is 0 Å². The molecule has 0 saturated carbocycles. The lowest BCUT2D eigenvalue weighted by Gasteiger charge is -2.34. The maximum absolute atomic E-state index is 6.99. The fourth-order valence-electron chi connectivity index (χ4n) is 14.7. The van der Waals surface area contributed by atoms with Crippen LogP contribution in [-0.2, 0) is 5.41 Å². The van der Waals surface area contributed by atoms with Crippen LogP contribution in [0.5, 0.6) is 0 Å². The highest BCUT2D eigenvalue weighted by Crippen LogP contribution is 2.68. The van der Waals surface area contributed by atoms with E-state index in [4.69, 9.17) is 8.83 Å². The lowest BCUT2D eigenvalue weighted by atomic mass is 9.69. The van der Waals surface area contributed by atoms with E-state index < -0.39 is 5.41 Å². The second-order valence-electron chi connectivity index (χ2n) is 23.4. The maximum atomic E-state index is 6.99. The molecule has 394 valence electrons. The summed E-state index contributed by atoms with van der Waals surface area (Å²) in [4.78, 5) is 4.89. The molecule has 2 aliphatic rings. The van der Waals surface area contributed by atoms with Crippen molar-refractivity contribution in [3.05, 3.63) is 288 Å². The monoisotopic (exact) mass is 1060 g/mol. The molecule has 4 heteroatoms. The summed E-state index contributed by atoms with van der Waals surface area (Å²) >= 11 is 0. The molecule has 13 aromatic carbocycles. The molecule has 2 heterocycles. The maximum Gasteiger partial charge on any atom is 0.159 e. The summed E-state index contributed by atoms with van der Waals surface area (Å²) in [7, 11) is 0. The van der Waals surface area contributed by atoms with Gasteiger partial charge in [-0.1, -0.05) is 216 Å². The van der Waals surface area contributed by atoms with Crippen LogP contribution in [0.4, 0.5) is 34.1 Å². The van der Waals surface area contributed by atoms with Gasteiger partial charge in [0.1, 0.15) is 11.2 Å². The lowest BCUT2D eigenvalue weighted by molar-refractivity contribution is 0.668. The van der Waals surface area contributed by atoms with E-state index in [-0.39, 0.29) is 0 Å². The topological polar surface area (TPSA) is 32.8 Å². The van der Waals surface area contributed by atoms with Crippen LogP contribution in [0.2, 0.25) is 0 Å². The summed E-state index contributed by atoms with van der Waals surface area (Å²) in [6.45, 7) is 9.05. The van der Waals surface area contributed by atoms with E-state index in [1.165, 1.54) is 82.6 Å². The predicted molar refractivity (Wildman–Crippen MR) is 347 cm³/mol. The van der Waals surface area contributed by atoms with Crippen molar-refractivity contribution >= 4 is 110 Å². The van der Waals surface area contributed by atoms with Gasteiger partial charge >= 0.3 is 0 Å². The van der Waals surface area contributed by atoms with Crippen LogP contribution in [0, 0.1) is 0 Å². The Morgan fingerprint density at radius 3 is 1.31 bits per heavy atom. The highest BCUT2D eigenvalue weighted by atomic mass is 16.3. The molecule has 2 aliphatic carbocycles. The van der Waals surface area contributed by atoms with Gasteiger partial charge in [0.15, 0.2) is 11.2 Å². The normalized spacial score (nSPS) is 13.1. The second kappa shape index (κ2) is 17.9. The second-order valence-corrected chi connectivity index (χ2v) is 23.4. The molecule has 0 atom stereocenters. The van der Waals surface area contributed by atoms with Crippen LogP contribution in [0.25, 0.3) is 98.4 Å². The predicted octanol–water partition coefficient (Wildman–Crippen LogP) is 22.5. The van der Waals surface area contributed by atoms with Crippen molar-refractivity contribution in [3.63, 3.8) is 0 Å². The molecular weight excluding hydrogens is 1010 g/mol. The molecule has 0 bridgehead atoms. The summed E-state index contributed by atoms with van der Waals surface area (Å²) in [6, 6.07) is 94.9. The van der Waals surface area contributed by atoms with Gasteiger partial charge in [-0.3, -0.25) is 0 Å². The Hall–Kier alpha value is -10.2. The van der Waals surface area contributed by atoms with Gasteiger partial charge in [-0.05, 0) is 161 Å². The average molecular weight is 1070 g/mol. The highest BCUT2D eigenvalue weighted by molar-refractivity contribution is 6.25. The first kappa shape index (κ1) is 47.6. The molecule has 0 radical (unpaired) electrons. The van der Waals surface area contributed by atoms with Gasteiger partial charge in [0.05, 0.1) is 22.5 Å². The number of hydrogen-bond acceptors (Lipinski definition) is 4. The van der Waals surface area contributed by atoms with Gasteiger partial charge < -0.3 is 18.6 Å². The van der Waals surface area contributed by atoms with E-state index >= 15 is 0 Å². The minimum Gasteiger partial charge on any atom is -0.454 e. The van der Waals surface area contributed by atoms with Gasteiger partial charge in [0.25, 0.3) is 0 Å². The number of anilines is 6. The third-order valence-corrected chi connectivity index (χ3v) is 18.4. The Labute approximate surface area is 481 Å². The van der Waals surface area contributed by atoms with Gasteiger partial charge in [-0.15, -0.1) is 0 Å². The van der Waals surface area contributed by atoms with Crippen LogP contribution in [0.3, 0.4) is 0 Å². The molecule has 0 N–H and O–H groups in total. The SMILES string of the molecule is CC(C)c1ccc(N(c2ccc3c4c(c5ccccc5c3c2)-c2c(cc(N(c3ccc(C(C)C)cc3)c3cccc5c3oc3ccccc35)c3ccccc23)C42c3ccccc3-c3ccccc32)c2cccc3c2oc2ccccc23)cc1. The van der Waals surface area contributed by atoms with E-state index in [0.717, 1.165) is 83.4 Å². The van der Waals surface area contributed by atoms with Gasteiger partial charge in [0.2, 0.25) is 0 Å². The van der Waals surface area contributed by atoms with Gasteiger partial charge in [0, 0.05) is 44.0 Å². The summed E-state index contributed by atoms with van der Waals surface area (Å²) in [6.07, 6.45) is 0. The molecule has 0 unspecified atom stereocenters. The molecule has 15 aromatic rings. The van der Waals surface area contributed by atoms with Crippen molar-refractivity contribution in [3.8, 4) is 22.3 Å². The van der Waals surface area contributed by atoms with Crippen molar-refractivity contribution in [2.24, 2.45) is 0 Å². The molecular formula is C79H56N2O2. The third kappa shape index (κ3) is 6.69. The number of furan rings is 2. The molecule has 0 fully saturated rings. The average Bonchev–Trinajstić information content (AvgIpc) is 1.54. The fourth-order valence-corrected chi connectivity index (χ4v) is 14.7. The smallest absolute Gasteiger partial charge is 0.159 e. The fraction of sp³-hybridized carbons (Fsp3) is 0.0886. The van der Waals surface area contributed by atoms with Crippen LogP contribution in [0.15, 0.2) is 264 Å². The Balaban J connectivity index is 0.992. The summed E-state index contributed by atoms with van der Waals surface area (Å²) < 4.78 is 13.9. The van der Waals surface area contributed by atoms with E-state index in [0.29, 0.717) is 11.8 Å². The molecule has 2 aromatic heterocycles. The number of para-hydroxylation sites is 4. The number of nitrogens with zero attached hydrogens (tertiary/aromatic N) is 2. The van der Waals surface area contributed by atoms with Gasteiger partial charge in [-0.2, -0.15) is 0 Å². The molecule has 4 nitrogen and oxygen atoms in total. The first-order valence-electron chi connectivity index (χ1n) is 29.2. The van der Waals surface area contributed by atoms with E-state index in [2.05, 4.69) is 292 Å². The first-order chi connectivity index (χ1) is 40.8. The van der Waals surface area contributed by atoms with Crippen LogP contribution < -0.4 is 9.80 Å². The summed E-state index contributed by atoms with van der Waals surface area (Å²) in [5, 5.41) is 11.6. The zero-order chi connectivity index (χ0) is 55.2. The number of fused-ring (bicyclic) bond motifs is 23. The van der Waals surface area contributed by atoms with Crippen LogP contribution in [0.1, 0.15) is 72.9 Å². The molecule has 1 spiro atoms. The summed E-state index contributed by atoms with van der Waals surface area (Å²) in [5.74, 6) is 0.773. The van der Waals surface area contributed by atoms with Gasteiger partial charge in [-0.25, -0.2) is 0 Å². The van der Waals surface area contributed by atoms with Crippen molar-refractivity contribution < 1.29 is 8.83 Å². The van der Waals surface area contributed by atoms with Crippen molar-refractivity contribution in [1.29, 1.82) is 0 Å². The minimum absolute atomic E-state index is 0.379. The molecule has 0 amide bonds. The largest absolute Gasteiger partial charge is 0.454 e. The first-order valence-corrected chi connectivity index (χ1v) is 29.2. The standard InChI is InChI=1S/C79H56N2O2/c1-47(2)49-35-39-51(40-36-49)80(69-31-17-27-63-58-23-11-15-33-72(58)82-77(63)69)53-43-44-62-65(45-53)54-19-5-7-25-60(54)75-74-61-26-8-6-22-57(61)71(46-68(74)79(76(62)75)66-29-13-9-20-55(66)56-21-10-14-30-67(56)79)81(52-41-37-50(38-42-52)48(3)4)70-32-18-28-64-59-24-12-16-34-73(59)83-78(64)70/h5-48H,1-4H3. The quantitative estimate of drug-likeness (QED) is 0.142. The third-order valence-electron chi connectivity index (χ3n) is 18.4. The van der Waals surface area contributed by atoms with Crippen molar-refractivity contribution in [2.75, 3.05) is 9.80 Å². The number of benzene rings is 13. The van der Waals surface area contributed by atoms with E-state index in [1.807, 2.05) is 0 Å². The van der Waals surface area contributed by atoms with Crippen LogP contribution >= 0.6 is 0 Å². The molecule has 83 heavy (non-hydrogen) atoms. The summed E-state index contributed by atoms with van der Waals surface area (Å²) in [5.41, 5.74) is 21.8. The molecule has 0 aliphatic heterocycles. The molecule has 0 saturated heterocycles. The Morgan fingerprint density at radius 2 is 0.747 bits per heavy atom. The van der Waals surface area contributed by atoms with Crippen molar-refractivity contribution in [1.82, 2.24) is 0 Å². The number of hydrogen-bond donors (Lipinski definition) is 0. The minimum atomic E-state index is -0.731. The zero-order valence-electron chi connectivity index (χ0n) is 46.6. The lowest BCUT2D eigenvalue weighted by Crippen LogP contribution is -2.26. The number of rotatable bonds is 8.